The molecule has 0 aliphatic heterocycles. The van der Waals surface area contributed by atoms with Gasteiger partial charge in [-0.15, -0.1) is 0 Å². The minimum absolute atomic E-state index is 0.0252. The first-order valence-corrected chi connectivity index (χ1v) is 5.69. The van der Waals surface area contributed by atoms with E-state index in [1.54, 1.807) is 13.8 Å². The van der Waals surface area contributed by atoms with E-state index in [2.05, 4.69) is 10.4 Å². The molecule has 1 aromatic heterocycles. The van der Waals surface area contributed by atoms with E-state index in [0.717, 1.165) is 0 Å². The molecule has 1 unspecified atom stereocenters. The zero-order valence-corrected chi connectivity index (χ0v) is 10.8. The van der Waals surface area contributed by atoms with Gasteiger partial charge in [-0.1, -0.05) is 0 Å². The molecule has 0 aromatic carbocycles. The number of halogens is 2. The van der Waals surface area contributed by atoms with Crippen molar-refractivity contribution in [2.24, 2.45) is 0 Å². The van der Waals surface area contributed by atoms with E-state index in [1.807, 2.05) is 0 Å². The number of alkyl halides is 2. The summed E-state index contributed by atoms with van der Waals surface area (Å²) in [5.74, 6) is 0.0252. The van der Waals surface area contributed by atoms with Gasteiger partial charge in [-0.2, -0.15) is 5.10 Å². The van der Waals surface area contributed by atoms with Crippen molar-refractivity contribution in [2.75, 3.05) is 11.9 Å². The molecule has 0 bridgehead atoms. The normalized spacial score (nSPS) is 13.1. The average molecular weight is 278 g/mol. The van der Waals surface area contributed by atoms with Crippen molar-refractivity contribution in [3.05, 3.63) is 15.8 Å². The second-order valence-electron chi connectivity index (χ2n) is 4.36. The summed E-state index contributed by atoms with van der Waals surface area (Å²) in [6, 6.07) is -0.182. The molecule has 1 atom stereocenters. The Hall–Kier alpha value is -1.77. The fourth-order valence-electron chi connectivity index (χ4n) is 1.59. The predicted octanol–water partition coefficient (Wildman–Crippen LogP) is 1.72. The Bertz CT molecular complexity index is 462. The van der Waals surface area contributed by atoms with Gasteiger partial charge in [0.05, 0.1) is 4.92 Å². The van der Waals surface area contributed by atoms with Crippen molar-refractivity contribution in [3.8, 4) is 0 Å². The van der Waals surface area contributed by atoms with Crippen molar-refractivity contribution in [1.29, 1.82) is 0 Å². The number of nitrogens with one attached hydrogen (secondary N) is 1. The van der Waals surface area contributed by atoms with Gasteiger partial charge in [0.1, 0.15) is 11.8 Å². The summed E-state index contributed by atoms with van der Waals surface area (Å²) >= 11 is 0. The monoisotopic (exact) mass is 278 g/mol. The van der Waals surface area contributed by atoms with Gasteiger partial charge in [0.15, 0.2) is 0 Å². The number of nitro groups is 1. The fourth-order valence-corrected chi connectivity index (χ4v) is 1.59. The number of nitrogens with zero attached hydrogens (tertiary/aromatic N) is 3. The lowest BCUT2D eigenvalue weighted by Crippen LogP contribution is -2.28. The molecule has 0 amide bonds. The van der Waals surface area contributed by atoms with Gasteiger partial charge in [0.25, 0.3) is 6.43 Å². The number of hydrogen-bond acceptors (Lipinski definition) is 5. The summed E-state index contributed by atoms with van der Waals surface area (Å²) in [4.78, 5) is 10.3. The number of hydrogen-bond donors (Lipinski definition) is 2. The van der Waals surface area contributed by atoms with Gasteiger partial charge in [0.2, 0.25) is 5.82 Å². The highest BCUT2D eigenvalue weighted by Crippen LogP contribution is 2.30. The predicted molar refractivity (Wildman–Crippen MR) is 64.5 cm³/mol. The van der Waals surface area contributed by atoms with Crippen LogP contribution in [0, 0.1) is 17.0 Å². The van der Waals surface area contributed by atoms with Crippen LogP contribution in [0.5, 0.6) is 0 Å². The SMILES string of the molecule is Cc1nn(C(C)C)c(NCC(O)C(F)F)c1[N+](=O)[O-]. The van der Waals surface area contributed by atoms with E-state index in [1.165, 1.54) is 11.6 Å². The van der Waals surface area contributed by atoms with E-state index in [0.29, 0.717) is 0 Å². The molecule has 2 N–H and O–H groups in total. The lowest BCUT2D eigenvalue weighted by molar-refractivity contribution is -0.384. The van der Waals surface area contributed by atoms with Crippen LogP contribution >= 0.6 is 0 Å². The fraction of sp³-hybridized carbons (Fsp3) is 0.700. The molecule has 9 heteroatoms. The largest absolute Gasteiger partial charge is 0.385 e. The van der Waals surface area contributed by atoms with E-state index in [9.17, 15) is 18.9 Å². The molecule has 0 spiro atoms. The summed E-state index contributed by atoms with van der Waals surface area (Å²) in [5, 5.41) is 26.5. The molecule has 1 aromatic rings. The molecular formula is C10H16F2N4O3. The third kappa shape index (κ3) is 3.37. The topological polar surface area (TPSA) is 93.2 Å². The Labute approximate surface area is 108 Å². The zero-order valence-electron chi connectivity index (χ0n) is 10.8. The maximum atomic E-state index is 12.2. The van der Waals surface area contributed by atoms with Crippen LogP contribution in [0.2, 0.25) is 0 Å². The molecule has 0 fully saturated rings. The molecule has 0 saturated heterocycles. The summed E-state index contributed by atoms with van der Waals surface area (Å²) in [7, 11) is 0. The van der Waals surface area contributed by atoms with E-state index < -0.39 is 24.0 Å². The van der Waals surface area contributed by atoms with Crippen molar-refractivity contribution in [1.82, 2.24) is 9.78 Å². The maximum Gasteiger partial charge on any atom is 0.333 e. The van der Waals surface area contributed by atoms with Crippen LogP contribution in [0.15, 0.2) is 0 Å². The van der Waals surface area contributed by atoms with Crippen LogP contribution in [0.25, 0.3) is 0 Å². The summed E-state index contributed by atoms with van der Waals surface area (Å²) < 4.78 is 25.8. The Morgan fingerprint density at radius 3 is 2.53 bits per heavy atom. The molecule has 108 valence electrons. The quantitative estimate of drug-likeness (QED) is 0.610. The molecule has 19 heavy (non-hydrogen) atoms. The van der Waals surface area contributed by atoms with Gasteiger partial charge in [0, 0.05) is 12.6 Å². The van der Waals surface area contributed by atoms with E-state index in [-0.39, 0.29) is 23.2 Å². The van der Waals surface area contributed by atoms with Crippen molar-refractivity contribution < 1.29 is 18.8 Å². The molecule has 7 nitrogen and oxygen atoms in total. The molecule has 1 rings (SSSR count). The molecule has 1 heterocycles. The van der Waals surface area contributed by atoms with Crippen LogP contribution < -0.4 is 5.32 Å². The van der Waals surface area contributed by atoms with Crippen LogP contribution in [0.1, 0.15) is 25.6 Å². The van der Waals surface area contributed by atoms with Gasteiger partial charge in [-0.25, -0.2) is 13.5 Å². The minimum Gasteiger partial charge on any atom is -0.385 e. The smallest absolute Gasteiger partial charge is 0.333 e. The molecular weight excluding hydrogens is 262 g/mol. The number of aryl methyl sites for hydroxylation is 1. The second kappa shape index (κ2) is 5.91. The molecule has 0 radical (unpaired) electrons. The Kier molecular flexibility index (Phi) is 4.76. The van der Waals surface area contributed by atoms with Crippen LogP contribution in [0.3, 0.4) is 0 Å². The lowest BCUT2D eigenvalue weighted by atomic mass is 10.3. The van der Waals surface area contributed by atoms with Crippen LogP contribution in [0.4, 0.5) is 20.3 Å². The highest BCUT2D eigenvalue weighted by Gasteiger charge is 2.27. The number of aliphatic hydroxyl groups excluding tert-OH is 1. The summed E-state index contributed by atoms with van der Waals surface area (Å²) in [6.07, 6.45) is -4.81. The van der Waals surface area contributed by atoms with Crippen LogP contribution in [-0.2, 0) is 0 Å². The van der Waals surface area contributed by atoms with Gasteiger partial charge < -0.3 is 10.4 Å². The minimum atomic E-state index is -2.91. The van der Waals surface area contributed by atoms with E-state index >= 15 is 0 Å². The number of aromatic nitrogens is 2. The third-order valence-electron chi connectivity index (χ3n) is 2.50. The Morgan fingerprint density at radius 1 is 1.53 bits per heavy atom. The van der Waals surface area contributed by atoms with E-state index in [4.69, 9.17) is 5.11 Å². The van der Waals surface area contributed by atoms with Crippen molar-refractivity contribution in [2.45, 2.75) is 39.3 Å². The highest BCUT2D eigenvalue weighted by atomic mass is 19.3. The average Bonchev–Trinajstić information content (AvgIpc) is 2.62. The zero-order chi connectivity index (χ0) is 14.7. The molecule has 0 saturated carbocycles. The van der Waals surface area contributed by atoms with Crippen LogP contribution in [-0.4, -0.2) is 38.9 Å². The lowest BCUT2D eigenvalue weighted by Gasteiger charge is -2.14. The van der Waals surface area contributed by atoms with Gasteiger partial charge in [-0.3, -0.25) is 10.1 Å². The Morgan fingerprint density at radius 2 is 2.11 bits per heavy atom. The first-order valence-electron chi connectivity index (χ1n) is 5.69. The standard InChI is InChI=1S/C10H16F2N4O3/c1-5(2)15-10(13-4-7(17)9(11)12)8(16(18)19)6(3)14-15/h5,7,9,13,17H,4H2,1-3H3. The molecule has 0 aliphatic rings. The number of anilines is 1. The summed E-state index contributed by atoms with van der Waals surface area (Å²) in [5.41, 5.74) is -0.0806. The van der Waals surface area contributed by atoms with Gasteiger partial charge in [-0.05, 0) is 20.8 Å². The van der Waals surface area contributed by atoms with Crippen molar-refractivity contribution in [3.63, 3.8) is 0 Å². The number of aliphatic hydroxyl groups is 1. The first-order chi connectivity index (χ1) is 8.75. The molecule has 0 aliphatic carbocycles. The highest BCUT2D eigenvalue weighted by molar-refractivity contribution is 5.59. The number of rotatable bonds is 6. The maximum absolute atomic E-state index is 12.2. The van der Waals surface area contributed by atoms with Crippen molar-refractivity contribution >= 4 is 11.5 Å². The van der Waals surface area contributed by atoms with Gasteiger partial charge >= 0.3 is 5.69 Å². The summed E-state index contributed by atoms with van der Waals surface area (Å²) in [6.45, 7) is 4.48. The Balaban J connectivity index is 3.05. The third-order valence-corrected chi connectivity index (χ3v) is 2.50. The first kappa shape index (κ1) is 15.3. The second-order valence-corrected chi connectivity index (χ2v) is 4.36.